The lowest BCUT2D eigenvalue weighted by Gasteiger charge is -2.19. The summed E-state index contributed by atoms with van der Waals surface area (Å²) in [7, 11) is 0. The number of carbonyl (C=O) groups is 1. The van der Waals surface area contributed by atoms with E-state index in [0.29, 0.717) is 0 Å². The second-order valence-electron chi connectivity index (χ2n) is 4.00. The van der Waals surface area contributed by atoms with Crippen LogP contribution in [0.25, 0.3) is 0 Å². The molecule has 0 radical (unpaired) electrons. The number of halogens is 2. The molecule has 0 heterocycles. The first-order valence-electron chi connectivity index (χ1n) is 5.18. The Bertz CT molecular complexity index is 405. The predicted octanol–water partition coefficient (Wildman–Crippen LogP) is 2.96. The number of benzene rings is 1. The zero-order chi connectivity index (χ0) is 13.0. The third-order valence-corrected chi connectivity index (χ3v) is 2.45. The highest BCUT2D eigenvalue weighted by Gasteiger charge is 2.27. The Labute approximate surface area is 98.0 Å². The molecule has 1 aromatic rings. The third-order valence-electron chi connectivity index (χ3n) is 2.45. The molecule has 1 N–H and O–H groups in total. The van der Waals surface area contributed by atoms with E-state index in [-0.39, 0.29) is 17.2 Å². The molecule has 17 heavy (non-hydrogen) atoms. The smallest absolute Gasteiger partial charge is 0.311 e. The van der Waals surface area contributed by atoms with Crippen LogP contribution in [0.1, 0.15) is 25.3 Å². The molecule has 0 saturated carbocycles. The molecule has 3 nitrogen and oxygen atoms in total. The molecule has 0 aliphatic carbocycles. The Balaban J connectivity index is 3.22. The van der Waals surface area contributed by atoms with Gasteiger partial charge in [-0.25, -0.2) is 8.78 Å². The van der Waals surface area contributed by atoms with Crippen molar-refractivity contribution in [1.29, 1.82) is 0 Å². The van der Waals surface area contributed by atoms with Crippen LogP contribution in [-0.2, 0) is 4.79 Å². The summed E-state index contributed by atoms with van der Waals surface area (Å²) in [5.41, 5.74) is 0.284. The Morgan fingerprint density at radius 3 is 2.59 bits per heavy atom. The maximum absolute atomic E-state index is 13.0. The van der Waals surface area contributed by atoms with Gasteiger partial charge < -0.3 is 9.84 Å². The molecule has 0 aliphatic heterocycles. The van der Waals surface area contributed by atoms with Gasteiger partial charge in [0.05, 0.1) is 5.92 Å². The van der Waals surface area contributed by atoms with Crippen molar-refractivity contribution in [1.82, 2.24) is 0 Å². The molecule has 0 spiro atoms. The average Bonchev–Trinajstić information content (AvgIpc) is 2.21. The van der Waals surface area contributed by atoms with Gasteiger partial charge in [-0.1, -0.05) is 19.9 Å². The van der Waals surface area contributed by atoms with Crippen LogP contribution in [0.4, 0.5) is 8.78 Å². The number of hydrogen-bond donors (Lipinski definition) is 1. The first kappa shape index (κ1) is 13.4. The van der Waals surface area contributed by atoms with Crippen molar-refractivity contribution in [2.45, 2.75) is 19.8 Å². The molecule has 5 heteroatoms. The summed E-state index contributed by atoms with van der Waals surface area (Å²) in [6.45, 7) is 2.32. The minimum atomic E-state index is -1.12. The highest BCUT2D eigenvalue weighted by Crippen LogP contribution is 2.32. The summed E-state index contributed by atoms with van der Waals surface area (Å²) >= 11 is 0. The minimum absolute atomic E-state index is 0.0615. The van der Waals surface area contributed by atoms with Crippen LogP contribution in [0, 0.1) is 11.7 Å². The van der Waals surface area contributed by atoms with Crippen molar-refractivity contribution < 1.29 is 23.4 Å². The van der Waals surface area contributed by atoms with Crippen molar-refractivity contribution >= 4 is 5.97 Å². The Hall–Kier alpha value is -1.65. The van der Waals surface area contributed by atoms with E-state index in [2.05, 4.69) is 4.74 Å². The van der Waals surface area contributed by atoms with Crippen LogP contribution >= 0.6 is 0 Å². The summed E-state index contributed by atoms with van der Waals surface area (Å²) in [4.78, 5) is 11.1. The average molecular weight is 244 g/mol. The van der Waals surface area contributed by atoms with Crippen LogP contribution in [-0.4, -0.2) is 17.9 Å². The van der Waals surface area contributed by atoms with Crippen LogP contribution in [0.2, 0.25) is 0 Å². The van der Waals surface area contributed by atoms with Crippen LogP contribution < -0.4 is 4.74 Å². The SMILES string of the molecule is CC(C)C(C(=O)O)c1ccc(F)cc1OCF. The molecule has 0 aromatic heterocycles. The topological polar surface area (TPSA) is 46.5 Å². The first-order valence-corrected chi connectivity index (χ1v) is 5.18. The predicted molar refractivity (Wildman–Crippen MR) is 58.2 cm³/mol. The summed E-state index contributed by atoms with van der Waals surface area (Å²) in [6, 6.07) is 3.45. The van der Waals surface area contributed by atoms with Crippen molar-refractivity contribution in [2.75, 3.05) is 6.86 Å². The van der Waals surface area contributed by atoms with Gasteiger partial charge >= 0.3 is 5.97 Å². The Morgan fingerprint density at radius 1 is 1.47 bits per heavy atom. The number of ether oxygens (including phenoxy) is 1. The molecule has 1 unspecified atom stereocenters. The number of aliphatic carboxylic acids is 1. The minimum Gasteiger partial charge on any atom is -0.481 e. The van der Waals surface area contributed by atoms with Crippen molar-refractivity contribution in [3.05, 3.63) is 29.6 Å². The van der Waals surface area contributed by atoms with Gasteiger partial charge in [0.2, 0.25) is 6.86 Å². The van der Waals surface area contributed by atoms with Crippen molar-refractivity contribution in [3.8, 4) is 5.75 Å². The third kappa shape index (κ3) is 3.15. The highest BCUT2D eigenvalue weighted by molar-refractivity contribution is 5.77. The fourth-order valence-electron chi connectivity index (χ4n) is 1.73. The summed E-state index contributed by atoms with van der Waals surface area (Å²) in [5, 5.41) is 9.12. The molecular weight excluding hydrogens is 230 g/mol. The lowest BCUT2D eigenvalue weighted by Crippen LogP contribution is -2.18. The van der Waals surface area contributed by atoms with E-state index in [0.717, 1.165) is 12.1 Å². The fraction of sp³-hybridized carbons (Fsp3) is 0.417. The molecule has 0 aliphatic rings. The number of hydrogen-bond acceptors (Lipinski definition) is 2. The zero-order valence-electron chi connectivity index (χ0n) is 9.61. The van der Waals surface area contributed by atoms with Gasteiger partial charge in [-0.15, -0.1) is 0 Å². The number of alkyl halides is 1. The van der Waals surface area contributed by atoms with Crippen molar-refractivity contribution in [2.24, 2.45) is 5.92 Å². The summed E-state index contributed by atoms with van der Waals surface area (Å²) in [6.07, 6.45) is 0. The van der Waals surface area contributed by atoms with E-state index in [1.807, 2.05) is 0 Å². The van der Waals surface area contributed by atoms with E-state index < -0.39 is 24.6 Å². The number of rotatable bonds is 5. The fourth-order valence-corrected chi connectivity index (χ4v) is 1.73. The largest absolute Gasteiger partial charge is 0.481 e. The van der Waals surface area contributed by atoms with Gasteiger partial charge in [-0.05, 0) is 12.0 Å². The van der Waals surface area contributed by atoms with Crippen molar-refractivity contribution in [3.63, 3.8) is 0 Å². The highest BCUT2D eigenvalue weighted by atomic mass is 19.1. The zero-order valence-corrected chi connectivity index (χ0v) is 9.61. The van der Waals surface area contributed by atoms with Gasteiger partial charge in [0.15, 0.2) is 0 Å². The normalized spacial score (nSPS) is 12.5. The maximum atomic E-state index is 13.0. The second-order valence-corrected chi connectivity index (χ2v) is 4.00. The molecule has 1 atom stereocenters. The molecule has 94 valence electrons. The first-order chi connectivity index (χ1) is 7.97. The Kier molecular flexibility index (Phi) is 4.43. The monoisotopic (exact) mass is 244 g/mol. The van der Waals surface area contributed by atoms with Gasteiger partial charge in [0, 0.05) is 11.6 Å². The lowest BCUT2D eigenvalue weighted by atomic mass is 9.88. The summed E-state index contributed by atoms with van der Waals surface area (Å²) in [5.74, 6) is -2.76. The molecule has 0 bridgehead atoms. The van der Waals surface area contributed by atoms with Crippen LogP contribution in [0.5, 0.6) is 5.75 Å². The number of carboxylic acids is 1. The standard InChI is InChI=1S/C12H14F2O3/c1-7(2)11(12(15)16)9-4-3-8(14)5-10(9)17-6-13/h3-5,7,11H,6H2,1-2H3,(H,15,16). The van der Waals surface area contributed by atoms with E-state index in [9.17, 15) is 13.6 Å². The van der Waals surface area contributed by atoms with Gasteiger partial charge in [-0.2, -0.15) is 0 Å². The quantitative estimate of drug-likeness (QED) is 0.866. The van der Waals surface area contributed by atoms with Crippen LogP contribution in [0.3, 0.4) is 0 Å². The molecule has 1 aromatic carbocycles. The van der Waals surface area contributed by atoms with E-state index in [1.54, 1.807) is 13.8 Å². The maximum Gasteiger partial charge on any atom is 0.311 e. The lowest BCUT2D eigenvalue weighted by molar-refractivity contribution is -0.139. The summed E-state index contributed by atoms with van der Waals surface area (Å²) < 4.78 is 29.8. The van der Waals surface area contributed by atoms with Gasteiger partial charge in [0.1, 0.15) is 11.6 Å². The second kappa shape index (κ2) is 5.61. The molecular formula is C12H14F2O3. The molecule has 0 saturated heterocycles. The van der Waals surface area contributed by atoms with Crippen LogP contribution in [0.15, 0.2) is 18.2 Å². The molecule has 0 fully saturated rings. The van der Waals surface area contributed by atoms with Gasteiger partial charge in [0.25, 0.3) is 0 Å². The van der Waals surface area contributed by atoms with Gasteiger partial charge in [-0.3, -0.25) is 4.79 Å². The van der Waals surface area contributed by atoms with E-state index in [1.165, 1.54) is 6.07 Å². The van der Waals surface area contributed by atoms with E-state index >= 15 is 0 Å². The molecule has 0 amide bonds. The Morgan fingerprint density at radius 2 is 2.12 bits per heavy atom. The number of carboxylic acid groups (broad SMARTS) is 1. The van der Waals surface area contributed by atoms with E-state index in [4.69, 9.17) is 5.11 Å². The molecule has 1 rings (SSSR count).